The first-order valence-corrected chi connectivity index (χ1v) is 7.29. The predicted octanol–water partition coefficient (Wildman–Crippen LogP) is 2.19. The van der Waals surface area contributed by atoms with Gasteiger partial charge in [0.15, 0.2) is 5.75 Å². The van der Waals surface area contributed by atoms with Crippen molar-refractivity contribution in [3.8, 4) is 5.75 Å². The minimum absolute atomic E-state index is 0.00588. The number of benzene rings is 1. The molecule has 1 amide bonds. The lowest BCUT2D eigenvalue weighted by atomic mass is 10.1. The van der Waals surface area contributed by atoms with Gasteiger partial charge < -0.3 is 14.7 Å². The van der Waals surface area contributed by atoms with Gasteiger partial charge in [0, 0.05) is 17.1 Å². The van der Waals surface area contributed by atoms with Crippen LogP contribution in [0.2, 0.25) is 5.02 Å². The maximum absolute atomic E-state index is 13.1. The van der Waals surface area contributed by atoms with Crippen molar-refractivity contribution >= 4 is 17.5 Å². The third kappa shape index (κ3) is 3.40. The van der Waals surface area contributed by atoms with E-state index in [0.717, 1.165) is 12.4 Å². The van der Waals surface area contributed by atoms with Gasteiger partial charge in [0.05, 0.1) is 25.5 Å². The topological polar surface area (TPSA) is 75.5 Å². The molecule has 1 unspecified atom stereocenters. The highest BCUT2D eigenvalue weighted by molar-refractivity contribution is 6.31. The van der Waals surface area contributed by atoms with Gasteiger partial charge in [-0.05, 0) is 12.1 Å². The Bertz CT molecular complexity index is 726. The van der Waals surface area contributed by atoms with E-state index in [1.807, 2.05) is 0 Å². The quantitative estimate of drug-likeness (QED) is 0.909. The molecule has 23 heavy (non-hydrogen) atoms. The molecule has 3 rings (SSSR count). The Morgan fingerprint density at radius 3 is 2.83 bits per heavy atom. The third-order valence-corrected chi connectivity index (χ3v) is 3.82. The second-order valence-electron chi connectivity index (χ2n) is 5.04. The first-order chi connectivity index (χ1) is 11.0. The maximum Gasteiger partial charge on any atom is 0.291 e. The van der Waals surface area contributed by atoms with E-state index in [4.69, 9.17) is 16.3 Å². The molecule has 0 saturated carbocycles. The van der Waals surface area contributed by atoms with Crippen LogP contribution in [0.3, 0.4) is 0 Å². The minimum Gasteiger partial charge on any atom is -0.505 e. The van der Waals surface area contributed by atoms with Crippen molar-refractivity contribution in [3.63, 3.8) is 0 Å². The number of rotatable bonds is 2. The van der Waals surface area contributed by atoms with Crippen LogP contribution in [0.1, 0.15) is 22.3 Å². The average Bonchev–Trinajstić information content (AvgIpc) is 2.55. The van der Waals surface area contributed by atoms with Crippen molar-refractivity contribution in [2.75, 3.05) is 19.7 Å². The molecule has 0 radical (unpaired) electrons. The Balaban J connectivity index is 1.77. The summed E-state index contributed by atoms with van der Waals surface area (Å²) in [6.07, 6.45) is 1.88. The molecule has 1 atom stereocenters. The van der Waals surface area contributed by atoms with Gasteiger partial charge >= 0.3 is 0 Å². The first-order valence-electron chi connectivity index (χ1n) is 6.91. The van der Waals surface area contributed by atoms with Gasteiger partial charge in [-0.25, -0.2) is 14.4 Å². The molecule has 0 aliphatic carbocycles. The van der Waals surface area contributed by atoms with Crippen LogP contribution in [-0.4, -0.2) is 45.6 Å². The Kier molecular flexibility index (Phi) is 4.40. The van der Waals surface area contributed by atoms with Gasteiger partial charge in [0.25, 0.3) is 5.91 Å². The number of aromatic hydroxyl groups is 1. The van der Waals surface area contributed by atoms with Crippen molar-refractivity contribution in [1.82, 2.24) is 14.9 Å². The van der Waals surface area contributed by atoms with Gasteiger partial charge in [-0.15, -0.1) is 0 Å². The van der Waals surface area contributed by atoms with Crippen LogP contribution in [0, 0.1) is 5.82 Å². The van der Waals surface area contributed by atoms with Gasteiger partial charge in [-0.1, -0.05) is 17.7 Å². The molecule has 0 bridgehead atoms. The molecular weight excluding hydrogens is 325 g/mol. The van der Waals surface area contributed by atoms with Crippen molar-refractivity contribution in [2.45, 2.75) is 6.10 Å². The Labute approximate surface area is 136 Å². The third-order valence-electron chi connectivity index (χ3n) is 3.49. The molecule has 2 heterocycles. The SMILES string of the molecule is O=C(c1ncc(O)cn1)N1CCOC(c2ccc(F)cc2Cl)C1. The average molecular weight is 338 g/mol. The zero-order valence-electron chi connectivity index (χ0n) is 11.9. The lowest BCUT2D eigenvalue weighted by molar-refractivity contribution is -0.0232. The molecule has 8 heteroatoms. The normalized spacial score (nSPS) is 18.0. The van der Waals surface area contributed by atoms with Crippen molar-refractivity contribution in [1.29, 1.82) is 0 Å². The van der Waals surface area contributed by atoms with Gasteiger partial charge in [0.1, 0.15) is 11.9 Å². The maximum atomic E-state index is 13.1. The molecule has 120 valence electrons. The fourth-order valence-corrected chi connectivity index (χ4v) is 2.65. The first kappa shape index (κ1) is 15.6. The van der Waals surface area contributed by atoms with Crippen LogP contribution in [0.25, 0.3) is 0 Å². The minimum atomic E-state index is -0.446. The van der Waals surface area contributed by atoms with Crippen LogP contribution in [-0.2, 0) is 4.74 Å². The predicted molar refractivity (Wildman–Crippen MR) is 79.7 cm³/mol. The molecule has 1 saturated heterocycles. The molecule has 1 N–H and O–H groups in total. The lowest BCUT2D eigenvalue weighted by Gasteiger charge is -2.33. The zero-order chi connectivity index (χ0) is 16.4. The molecule has 1 aliphatic heterocycles. The number of nitrogens with zero attached hydrogens (tertiary/aromatic N) is 3. The molecule has 1 aromatic carbocycles. The fourth-order valence-electron chi connectivity index (χ4n) is 2.36. The second-order valence-corrected chi connectivity index (χ2v) is 5.45. The second kappa shape index (κ2) is 6.47. The summed E-state index contributed by atoms with van der Waals surface area (Å²) in [5.41, 5.74) is 0.622. The number of halogens is 2. The highest BCUT2D eigenvalue weighted by Crippen LogP contribution is 2.29. The standard InChI is InChI=1S/C15H13ClFN3O3/c16-12-5-9(17)1-2-11(12)13-8-20(3-4-23-13)15(22)14-18-6-10(21)7-19-14/h1-2,5-7,13,21H,3-4,8H2. The zero-order valence-corrected chi connectivity index (χ0v) is 12.7. The Morgan fingerprint density at radius 1 is 1.39 bits per heavy atom. The van der Waals surface area contributed by atoms with E-state index in [1.54, 1.807) is 11.0 Å². The summed E-state index contributed by atoms with van der Waals surface area (Å²) in [6.45, 7) is 0.967. The van der Waals surface area contributed by atoms with Crippen LogP contribution in [0.15, 0.2) is 30.6 Å². The van der Waals surface area contributed by atoms with E-state index >= 15 is 0 Å². The molecule has 1 fully saturated rings. The van der Waals surface area contributed by atoms with Crippen LogP contribution in [0.5, 0.6) is 5.75 Å². The smallest absolute Gasteiger partial charge is 0.291 e. The Morgan fingerprint density at radius 2 is 2.13 bits per heavy atom. The molecule has 0 spiro atoms. The van der Waals surface area contributed by atoms with Crippen LogP contribution in [0.4, 0.5) is 4.39 Å². The van der Waals surface area contributed by atoms with Crippen molar-refractivity contribution in [2.24, 2.45) is 0 Å². The number of carbonyl (C=O) groups excluding carboxylic acids is 1. The van der Waals surface area contributed by atoms with Gasteiger partial charge in [-0.3, -0.25) is 4.79 Å². The molecule has 1 aliphatic rings. The Hall–Kier alpha value is -2.25. The van der Waals surface area contributed by atoms with E-state index in [9.17, 15) is 14.3 Å². The van der Waals surface area contributed by atoms with E-state index in [0.29, 0.717) is 18.7 Å². The summed E-state index contributed by atoms with van der Waals surface area (Å²) in [5.74, 6) is -0.912. The van der Waals surface area contributed by atoms with E-state index in [1.165, 1.54) is 12.1 Å². The summed E-state index contributed by atoms with van der Waals surface area (Å²) in [5, 5.41) is 9.43. The van der Waals surface area contributed by atoms with E-state index in [2.05, 4.69) is 9.97 Å². The lowest BCUT2D eigenvalue weighted by Crippen LogP contribution is -2.42. The highest BCUT2D eigenvalue weighted by Gasteiger charge is 2.28. The van der Waals surface area contributed by atoms with Crippen LogP contribution >= 0.6 is 11.6 Å². The summed E-state index contributed by atoms with van der Waals surface area (Å²) in [6, 6.07) is 4.06. The number of ether oxygens (including phenoxy) is 1. The van der Waals surface area contributed by atoms with E-state index in [-0.39, 0.29) is 29.0 Å². The molecule has 2 aromatic rings. The fraction of sp³-hybridized carbons (Fsp3) is 0.267. The molecular formula is C15H13ClFN3O3. The number of morpholine rings is 1. The number of aromatic nitrogens is 2. The van der Waals surface area contributed by atoms with Crippen molar-refractivity contribution < 1.29 is 19.0 Å². The highest BCUT2D eigenvalue weighted by atomic mass is 35.5. The number of carbonyl (C=O) groups is 1. The van der Waals surface area contributed by atoms with E-state index < -0.39 is 11.9 Å². The monoisotopic (exact) mass is 337 g/mol. The van der Waals surface area contributed by atoms with Gasteiger partial charge in [-0.2, -0.15) is 0 Å². The largest absolute Gasteiger partial charge is 0.505 e. The molecule has 1 aromatic heterocycles. The van der Waals surface area contributed by atoms with Crippen molar-refractivity contribution in [3.05, 3.63) is 52.8 Å². The van der Waals surface area contributed by atoms with Crippen LogP contribution < -0.4 is 0 Å². The summed E-state index contributed by atoms with van der Waals surface area (Å²) >= 11 is 6.05. The number of amides is 1. The number of hydrogen-bond acceptors (Lipinski definition) is 5. The molecule has 6 nitrogen and oxygen atoms in total. The number of hydrogen-bond donors (Lipinski definition) is 1. The summed E-state index contributed by atoms with van der Waals surface area (Å²) in [7, 11) is 0. The summed E-state index contributed by atoms with van der Waals surface area (Å²) in [4.78, 5) is 21.6. The summed E-state index contributed by atoms with van der Waals surface area (Å²) < 4.78 is 18.8. The van der Waals surface area contributed by atoms with Gasteiger partial charge in [0.2, 0.25) is 5.82 Å².